The lowest BCUT2D eigenvalue weighted by atomic mass is 10.3. The minimum absolute atomic E-state index is 0.0932. The van der Waals surface area contributed by atoms with Crippen molar-refractivity contribution in [2.75, 3.05) is 11.6 Å². The summed E-state index contributed by atoms with van der Waals surface area (Å²) in [5.41, 5.74) is 0.405. The summed E-state index contributed by atoms with van der Waals surface area (Å²) >= 11 is 0. The van der Waals surface area contributed by atoms with E-state index in [0.29, 0.717) is 5.76 Å². The van der Waals surface area contributed by atoms with Crippen LogP contribution >= 0.6 is 0 Å². The van der Waals surface area contributed by atoms with E-state index in [-0.39, 0.29) is 16.3 Å². The highest BCUT2D eigenvalue weighted by molar-refractivity contribution is 7.84. The summed E-state index contributed by atoms with van der Waals surface area (Å²) in [5.74, 6) is -0.740. The number of anilines is 1. The van der Waals surface area contributed by atoms with Crippen LogP contribution in [0.3, 0.4) is 0 Å². The minimum Gasteiger partial charge on any atom is -0.448 e. The van der Waals surface area contributed by atoms with Gasteiger partial charge in [-0.25, -0.2) is 9.37 Å². The van der Waals surface area contributed by atoms with Gasteiger partial charge in [0.05, 0.1) is 15.7 Å². The molecule has 1 atom stereocenters. The smallest absolute Gasteiger partial charge is 0.277 e. The van der Waals surface area contributed by atoms with Crippen molar-refractivity contribution in [1.29, 1.82) is 0 Å². The summed E-state index contributed by atoms with van der Waals surface area (Å²) in [5, 5.41) is 2.49. The van der Waals surface area contributed by atoms with Crippen LogP contribution in [0.1, 0.15) is 16.2 Å². The molecule has 1 aromatic carbocycles. The third kappa shape index (κ3) is 2.87. The van der Waals surface area contributed by atoms with Crippen molar-refractivity contribution in [3.8, 4) is 0 Å². The fourth-order valence-corrected chi connectivity index (χ4v) is 2.12. The van der Waals surface area contributed by atoms with Crippen molar-refractivity contribution in [2.45, 2.75) is 11.8 Å². The topological polar surface area (TPSA) is 72.2 Å². The van der Waals surface area contributed by atoms with E-state index >= 15 is 0 Å². The molecule has 0 unspecified atom stereocenters. The zero-order chi connectivity index (χ0) is 14.0. The van der Waals surface area contributed by atoms with Gasteiger partial charge in [-0.3, -0.25) is 9.00 Å². The van der Waals surface area contributed by atoms with Crippen LogP contribution in [0.4, 0.5) is 10.1 Å². The second kappa shape index (κ2) is 5.31. The molecule has 1 amide bonds. The largest absolute Gasteiger partial charge is 0.448 e. The van der Waals surface area contributed by atoms with E-state index in [1.165, 1.54) is 18.4 Å². The van der Waals surface area contributed by atoms with E-state index in [1.54, 1.807) is 6.92 Å². The van der Waals surface area contributed by atoms with E-state index in [9.17, 15) is 13.4 Å². The van der Waals surface area contributed by atoms with Crippen LogP contribution < -0.4 is 5.32 Å². The fraction of sp³-hybridized carbons (Fsp3) is 0.167. The normalized spacial score (nSPS) is 12.2. The molecule has 0 bridgehead atoms. The summed E-state index contributed by atoms with van der Waals surface area (Å²) in [6.07, 6.45) is 2.55. The second-order valence-electron chi connectivity index (χ2n) is 3.81. The summed E-state index contributed by atoms with van der Waals surface area (Å²) in [6, 6.07) is 3.97. The lowest BCUT2D eigenvalue weighted by molar-refractivity contribution is 0.102. The number of hydrogen-bond acceptors (Lipinski definition) is 4. The van der Waals surface area contributed by atoms with Gasteiger partial charge in [-0.05, 0) is 25.1 Å². The van der Waals surface area contributed by atoms with Crippen molar-refractivity contribution < 1.29 is 17.8 Å². The van der Waals surface area contributed by atoms with Gasteiger partial charge in [-0.2, -0.15) is 0 Å². The molecule has 0 spiro atoms. The monoisotopic (exact) mass is 282 g/mol. The number of nitrogens with zero attached hydrogens (tertiary/aromatic N) is 1. The lowest BCUT2D eigenvalue weighted by Crippen LogP contribution is -2.13. The lowest BCUT2D eigenvalue weighted by Gasteiger charge is -2.05. The molecule has 2 aromatic rings. The Morgan fingerprint density at radius 2 is 2.21 bits per heavy atom. The Kier molecular flexibility index (Phi) is 3.75. The van der Waals surface area contributed by atoms with E-state index in [2.05, 4.69) is 10.3 Å². The fourth-order valence-electron chi connectivity index (χ4n) is 1.53. The summed E-state index contributed by atoms with van der Waals surface area (Å²) < 4.78 is 29.7. The first-order chi connectivity index (χ1) is 8.99. The van der Waals surface area contributed by atoms with Gasteiger partial charge in [0.25, 0.3) is 5.91 Å². The molecule has 0 aliphatic rings. The van der Waals surface area contributed by atoms with Crippen LogP contribution in [0.15, 0.2) is 33.9 Å². The van der Waals surface area contributed by atoms with Gasteiger partial charge in [-0.15, -0.1) is 0 Å². The van der Waals surface area contributed by atoms with Gasteiger partial charge in [0.2, 0.25) is 0 Å². The highest BCUT2D eigenvalue weighted by atomic mass is 32.2. The number of oxazole rings is 1. The van der Waals surface area contributed by atoms with Crippen molar-refractivity contribution >= 4 is 22.4 Å². The molecule has 2 rings (SSSR count). The number of carbonyl (C=O) groups excluding carboxylic acids is 1. The highest BCUT2D eigenvalue weighted by Crippen LogP contribution is 2.18. The van der Waals surface area contributed by atoms with E-state index in [4.69, 9.17) is 4.42 Å². The highest BCUT2D eigenvalue weighted by Gasteiger charge is 2.14. The summed E-state index contributed by atoms with van der Waals surface area (Å²) in [6.45, 7) is 1.60. The predicted molar refractivity (Wildman–Crippen MR) is 67.9 cm³/mol. The molecule has 19 heavy (non-hydrogen) atoms. The van der Waals surface area contributed by atoms with E-state index < -0.39 is 22.5 Å². The average Bonchev–Trinajstić information content (AvgIpc) is 2.75. The first-order valence-electron chi connectivity index (χ1n) is 5.33. The van der Waals surface area contributed by atoms with Crippen LogP contribution in [-0.4, -0.2) is 21.4 Å². The molecule has 0 radical (unpaired) electrons. The molecular formula is C12H11FN2O3S. The van der Waals surface area contributed by atoms with Crippen LogP contribution in [0.25, 0.3) is 0 Å². The van der Waals surface area contributed by atoms with Crippen LogP contribution in [0.5, 0.6) is 0 Å². The number of hydrogen-bond donors (Lipinski definition) is 1. The molecule has 0 saturated carbocycles. The SMILES string of the molecule is Cc1ocnc1C(=O)Nc1ccc([S@](C)=O)c(F)c1. The molecule has 1 heterocycles. The minimum atomic E-state index is -1.41. The molecule has 0 aliphatic heterocycles. The van der Waals surface area contributed by atoms with Gasteiger partial charge < -0.3 is 9.73 Å². The number of amides is 1. The van der Waals surface area contributed by atoms with E-state index in [0.717, 1.165) is 12.5 Å². The summed E-state index contributed by atoms with van der Waals surface area (Å²) in [7, 11) is -1.41. The van der Waals surface area contributed by atoms with Gasteiger partial charge in [0.1, 0.15) is 11.6 Å². The Balaban J connectivity index is 2.21. The van der Waals surface area contributed by atoms with Crippen molar-refractivity contribution in [3.05, 3.63) is 41.9 Å². The molecule has 0 saturated heterocycles. The third-order valence-electron chi connectivity index (χ3n) is 2.46. The number of aromatic nitrogens is 1. The predicted octanol–water partition coefficient (Wildman–Crippen LogP) is 2.11. The number of nitrogens with one attached hydrogen (secondary N) is 1. The van der Waals surface area contributed by atoms with Crippen LogP contribution in [-0.2, 0) is 10.8 Å². The molecule has 5 nitrogen and oxygen atoms in total. The maximum absolute atomic E-state index is 13.6. The van der Waals surface area contributed by atoms with Crippen LogP contribution in [0, 0.1) is 12.7 Å². The second-order valence-corrected chi connectivity index (χ2v) is 5.16. The Labute approximate surface area is 111 Å². The van der Waals surface area contributed by atoms with Crippen molar-refractivity contribution in [3.63, 3.8) is 0 Å². The molecular weight excluding hydrogens is 271 g/mol. The Morgan fingerprint density at radius 1 is 1.47 bits per heavy atom. The maximum Gasteiger partial charge on any atom is 0.277 e. The van der Waals surface area contributed by atoms with Crippen molar-refractivity contribution in [2.24, 2.45) is 0 Å². The Bertz CT molecular complexity index is 654. The number of halogens is 1. The average molecular weight is 282 g/mol. The summed E-state index contributed by atoms with van der Waals surface area (Å²) in [4.78, 5) is 15.7. The van der Waals surface area contributed by atoms with Gasteiger partial charge in [0.15, 0.2) is 12.1 Å². The van der Waals surface area contributed by atoms with Gasteiger partial charge in [0, 0.05) is 11.9 Å². The number of rotatable bonds is 3. The number of aryl methyl sites for hydroxylation is 1. The maximum atomic E-state index is 13.6. The number of carbonyl (C=O) groups is 1. The van der Waals surface area contributed by atoms with E-state index in [1.807, 2.05) is 0 Å². The zero-order valence-corrected chi connectivity index (χ0v) is 11.1. The third-order valence-corrected chi connectivity index (χ3v) is 3.41. The first kappa shape index (κ1) is 13.4. The Hall–Kier alpha value is -2.02. The molecule has 1 aromatic heterocycles. The number of benzene rings is 1. The van der Waals surface area contributed by atoms with Crippen LogP contribution in [0.2, 0.25) is 0 Å². The molecule has 1 N–H and O–H groups in total. The molecule has 7 heteroatoms. The molecule has 100 valence electrons. The van der Waals surface area contributed by atoms with Crippen molar-refractivity contribution in [1.82, 2.24) is 4.98 Å². The first-order valence-corrected chi connectivity index (χ1v) is 6.89. The standard InChI is InChI=1S/C12H11FN2O3S/c1-7-11(14-6-18-7)12(16)15-8-3-4-10(19(2)17)9(13)5-8/h3-6H,1-2H3,(H,15,16)/t19-/m0/s1. The molecule has 0 fully saturated rings. The van der Waals surface area contributed by atoms with Gasteiger partial charge >= 0.3 is 0 Å². The quantitative estimate of drug-likeness (QED) is 0.935. The Morgan fingerprint density at radius 3 is 2.74 bits per heavy atom. The zero-order valence-electron chi connectivity index (χ0n) is 10.3. The molecule has 0 aliphatic carbocycles. The van der Waals surface area contributed by atoms with Gasteiger partial charge in [-0.1, -0.05) is 0 Å².